The molecular formula is C10H17N6+. The van der Waals surface area contributed by atoms with Crippen molar-refractivity contribution in [2.75, 3.05) is 11.5 Å². The fourth-order valence-electron chi connectivity index (χ4n) is 1.63. The molecule has 0 fully saturated rings. The lowest BCUT2D eigenvalue weighted by atomic mass is 10.4. The highest BCUT2D eigenvalue weighted by molar-refractivity contribution is 5.61. The average Bonchev–Trinajstić information content (AvgIpc) is 2.76. The van der Waals surface area contributed by atoms with Gasteiger partial charge >= 0.3 is 0 Å². The molecule has 2 rings (SSSR count). The third-order valence-corrected chi connectivity index (χ3v) is 2.61. The quantitative estimate of drug-likeness (QED) is 0.697. The second-order valence-electron chi connectivity index (χ2n) is 3.92. The van der Waals surface area contributed by atoms with Gasteiger partial charge in [0.1, 0.15) is 24.8 Å². The number of nitrogens with zero attached hydrogens (tertiary/aromatic N) is 4. The summed E-state index contributed by atoms with van der Waals surface area (Å²) < 4.78 is 5.81. The zero-order valence-corrected chi connectivity index (χ0v) is 9.59. The predicted octanol–water partition coefficient (Wildman–Crippen LogP) is -0.318. The van der Waals surface area contributed by atoms with Crippen LogP contribution < -0.4 is 16.0 Å². The van der Waals surface area contributed by atoms with Gasteiger partial charge in [-0.1, -0.05) is 0 Å². The molecule has 0 bridgehead atoms. The van der Waals surface area contributed by atoms with Gasteiger partial charge in [0.25, 0.3) is 0 Å². The first-order chi connectivity index (χ1) is 7.58. The van der Waals surface area contributed by atoms with Crippen LogP contribution in [0.25, 0.3) is 0 Å². The Morgan fingerprint density at radius 2 is 2.12 bits per heavy atom. The smallest absolute Gasteiger partial charge is 0.243 e. The minimum atomic E-state index is 0.550. The molecule has 0 amide bonds. The van der Waals surface area contributed by atoms with E-state index in [1.54, 1.807) is 4.68 Å². The second kappa shape index (κ2) is 3.88. The summed E-state index contributed by atoms with van der Waals surface area (Å²) in [7, 11) is 1.99. The number of nitrogen functional groups attached to an aromatic ring is 2. The molecular weight excluding hydrogens is 204 g/mol. The van der Waals surface area contributed by atoms with Crippen LogP contribution in [-0.4, -0.2) is 14.3 Å². The maximum absolute atomic E-state index is 5.83. The summed E-state index contributed by atoms with van der Waals surface area (Å²) in [6.07, 6.45) is 6.01. The van der Waals surface area contributed by atoms with Gasteiger partial charge in [0.2, 0.25) is 6.33 Å². The summed E-state index contributed by atoms with van der Waals surface area (Å²) in [6.45, 7) is 3.40. The van der Waals surface area contributed by atoms with Crippen LogP contribution in [0.15, 0.2) is 18.7 Å². The third-order valence-electron chi connectivity index (χ3n) is 2.61. The molecule has 2 heterocycles. The first-order valence-electron chi connectivity index (χ1n) is 5.17. The number of hydrogen-bond acceptors (Lipinski definition) is 3. The predicted molar refractivity (Wildman–Crippen MR) is 61.4 cm³/mol. The largest absolute Gasteiger partial charge is 0.394 e. The van der Waals surface area contributed by atoms with E-state index in [4.69, 9.17) is 11.5 Å². The van der Waals surface area contributed by atoms with Crippen molar-refractivity contribution >= 4 is 11.5 Å². The van der Waals surface area contributed by atoms with Gasteiger partial charge < -0.3 is 11.5 Å². The summed E-state index contributed by atoms with van der Waals surface area (Å²) in [4.78, 5) is 0. The summed E-state index contributed by atoms with van der Waals surface area (Å²) in [6, 6.07) is 0. The minimum absolute atomic E-state index is 0.550. The average molecular weight is 221 g/mol. The number of aromatic nitrogens is 4. The second-order valence-corrected chi connectivity index (χ2v) is 3.92. The van der Waals surface area contributed by atoms with Crippen LogP contribution in [0.5, 0.6) is 0 Å². The van der Waals surface area contributed by atoms with Crippen molar-refractivity contribution < 1.29 is 4.57 Å². The lowest BCUT2D eigenvalue weighted by Crippen LogP contribution is -2.24. The Hall–Kier alpha value is -1.98. The Morgan fingerprint density at radius 3 is 2.62 bits per heavy atom. The Bertz CT molecular complexity index is 495. The van der Waals surface area contributed by atoms with E-state index in [9.17, 15) is 0 Å². The van der Waals surface area contributed by atoms with Crippen LogP contribution >= 0.6 is 0 Å². The fraction of sp³-hybridized carbons (Fsp3) is 0.400. The molecule has 0 saturated carbocycles. The van der Waals surface area contributed by atoms with E-state index < -0.39 is 0 Å². The third kappa shape index (κ3) is 1.86. The van der Waals surface area contributed by atoms with E-state index in [-0.39, 0.29) is 0 Å². The first kappa shape index (κ1) is 10.5. The van der Waals surface area contributed by atoms with E-state index in [1.165, 1.54) is 0 Å². The lowest BCUT2D eigenvalue weighted by Gasteiger charge is -2.01. The number of hydrogen-bond donors (Lipinski definition) is 2. The maximum atomic E-state index is 5.83. The van der Waals surface area contributed by atoms with Gasteiger partial charge in [0.05, 0.1) is 25.0 Å². The number of rotatable bonds is 3. The summed E-state index contributed by atoms with van der Waals surface area (Å²) in [5.74, 6) is 0.550. The van der Waals surface area contributed by atoms with Crippen molar-refractivity contribution in [3.63, 3.8) is 0 Å². The van der Waals surface area contributed by atoms with E-state index in [2.05, 4.69) is 9.67 Å². The molecule has 86 valence electrons. The molecule has 0 spiro atoms. The highest BCUT2D eigenvalue weighted by Crippen LogP contribution is 2.17. The topological polar surface area (TPSA) is 78.7 Å². The summed E-state index contributed by atoms with van der Waals surface area (Å²) in [5.41, 5.74) is 13.0. The normalized spacial score (nSPS) is 10.9. The molecule has 0 saturated heterocycles. The minimum Gasteiger partial charge on any atom is -0.394 e. The zero-order valence-electron chi connectivity index (χ0n) is 9.59. The Kier molecular flexibility index (Phi) is 2.55. The van der Waals surface area contributed by atoms with E-state index >= 15 is 0 Å². The van der Waals surface area contributed by atoms with Crippen molar-refractivity contribution in [2.24, 2.45) is 7.05 Å². The molecule has 0 atom stereocenters. The first-order valence-corrected chi connectivity index (χ1v) is 5.17. The Morgan fingerprint density at radius 1 is 1.38 bits per heavy atom. The zero-order chi connectivity index (χ0) is 11.7. The van der Waals surface area contributed by atoms with Gasteiger partial charge in [0.15, 0.2) is 0 Å². The van der Waals surface area contributed by atoms with E-state index in [1.807, 2.05) is 37.3 Å². The molecule has 0 aliphatic carbocycles. The summed E-state index contributed by atoms with van der Waals surface area (Å²) in [5, 5.41) is 4.28. The molecule has 0 radical (unpaired) electrons. The van der Waals surface area contributed by atoms with Crippen LogP contribution in [0.1, 0.15) is 5.69 Å². The van der Waals surface area contributed by atoms with Crippen LogP contribution in [0.4, 0.5) is 11.5 Å². The van der Waals surface area contributed by atoms with Crippen LogP contribution in [0.3, 0.4) is 0 Å². The van der Waals surface area contributed by atoms with Crippen LogP contribution in [0, 0.1) is 6.92 Å². The lowest BCUT2D eigenvalue weighted by molar-refractivity contribution is -0.671. The molecule has 16 heavy (non-hydrogen) atoms. The maximum Gasteiger partial charge on any atom is 0.243 e. The van der Waals surface area contributed by atoms with Gasteiger partial charge in [-0.25, -0.2) is 13.8 Å². The molecule has 0 aliphatic heterocycles. The Balaban J connectivity index is 2.07. The van der Waals surface area contributed by atoms with Crippen LogP contribution in [0.2, 0.25) is 0 Å². The molecule has 2 aromatic rings. The number of imidazole rings is 1. The highest BCUT2D eigenvalue weighted by atomic mass is 15.3. The number of nitrogens with two attached hydrogens (primary N) is 2. The van der Waals surface area contributed by atoms with Crippen LogP contribution in [-0.2, 0) is 20.1 Å². The van der Waals surface area contributed by atoms with Crippen molar-refractivity contribution in [1.82, 2.24) is 14.3 Å². The van der Waals surface area contributed by atoms with Gasteiger partial charge in [-0.3, -0.25) is 0 Å². The van der Waals surface area contributed by atoms with E-state index in [0.717, 1.165) is 18.8 Å². The highest BCUT2D eigenvalue weighted by Gasteiger charge is 2.09. The monoisotopic (exact) mass is 221 g/mol. The van der Waals surface area contributed by atoms with Gasteiger partial charge in [-0.15, -0.1) is 0 Å². The molecule has 2 aromatic heterocycles. The molecule has 0 aliphatic rings. The number of aryl methyl sites for hydroxylation is 4. The van der Waals surface area contributed by atoms with Gasteiger partial charge in [-0.05, 0) is 6.92 Å². The molecule has 4 N–H and O–H groups in total. The van der Waals surface area contributed by atoms with Crippen molar-refractivity contribution in [2.45, 2.75) is 20.0 Å². The van der Waals surface area contributed by atoms with Crippen molar-refractivity contribution in [3.05, 3.63) is 24.4 Å². The van der Waals surface area contributed by atoms with Crippen molar-refractivity contribution in [3.8, 4) is 0 Å². The Labute approximate surface area is 94.1 Å². The van der Waals surface area contributed by atoms with Gasteiger partial charge in [0, 0.05) is 0 Å². The number of anilines is 2. The fourth-order valence-corrected chi connectivity index (χ4v) is 1.63. The molecule has 6 nitrogen and oxygen atoms in total. The standard InChI is InChI=1S/C10H17N6/c1-8-9(11)10(12)16(13-8)6-5-15-4-3-14(2)7-15/h3-4,7H,5-6,11-12H2,1-2H3/q+1. The van der Waals surface area contributed by atoms with E-state index in [0.29, 0.717) is 11.5 Å². The summed E-state index contributed by atoms with van der Waals surface area (Å²) >= 11 is 0. The van der Waals surface area contributed by atoms with Crippen molar-refractivity contribution in [1.29, 1.82) is 0 Å². The molecule has 0 unspecified atom stereocenters. The molecule has 6 heteroatoms. The SMILES string of the molecule is Cc1nn(CCn2cc[n+](C)c2)c(N)c1N. The van der Waals surface area contributed by atoms with Gasteiger partial charge in [-0.2, -0.15) is 5.10 Å². The molecule has 0 aromatic carbocycles.